The maximum atomic E-state index is 12.4. The largest absolute Gasteiger partial charge is 0.338 e. The molecule has 1 aromatic rings. The van der Waals surface area contributed by atoms with Gasteiger partial charge in [-0.25, -0.2) is 0 Å². The van der Waals surface area contributed by atoms with E-state index in [0.717, 1.165) is 12.8 Å². The number of amides is 1. The number of hydrogen-bond acceptors (Lipinski definition) is 1. The van der Waals surface area contributed by atoms with Gasteiger partial charge in [0.05, 0.1) is 6.04 Å². The summed E-state index contributed by atoms with van der Waals surface area (Å²) in [6.45, 7) is 5.96. The summed E-state index contributed by atoms with van der Waals surface area (Å²) in [6, 6.07) is 8.78. The molecule has 1 aliphatic carbocycles. The van der Waals surface area contributed by atoms with Gasteiger partial charge in [-0.05, 0) is 30.4 Å². The van der Waals surface area contributed by atoms with E-state index >= 15 is 0 Å². The lowest BCUT2D eigenvalue weighted by Gasteiger charge is -2.36. The Kier molecular flexibility index (Phi) is 3.47. The number of fused-ring (bicyclic) bond motifs is 1. The normalized spacial score (nSPS) is 19.2. The van der Waals surface area contributed by atoms with Gasteiger partial charge in [0.25, 0.3) is 0 Å². The van der Waals surface area contributed by atoms with E-state index in [4.69, 9.17) is 0 Å². The summed E-state index contributed by atoms with van der Waals surface area (Å²) in [5.74, 6) is 0.226. The average molecular weight is 245 g/mol. The molecule has 0 saturated carbocycles. The highest BCUT2D eigenvalue weighted by Gasteiger charge is 2.32. The first-order chi connectivity index (χ1) is 8.41. The summed E-state index contributed by atoms with van der Waals surface area (Å²) < 4.78 is 0. The average Bonchev–Trinajstić information content (AvgIpc) is 2.35. The van der Waals surface area contributed by atoms with E-state index in [1.54, 1.807) is 0 Å². The van der Waals surface area contributed by atoms with Crippen LogP contribution in [0.2, 0.25) is 0 Å². The summed E-state index contributed by atoms with van der Waals surface area (Å²) >= 11 is 0. The van der Waals surface area contributed by atoms with Crippen molar-refractivity contribution in [3.63, 3.8) is 0 Å². The molecule has 2 heteroatoms. The fourth-order valence-electron chi connectivity index (χ4n) is 2.80. The van der Waals surface area contributed by atoms with Gasteiger partial charge < -0.3 is 4.90 Å². The van der Waals surface area contributed by atoms with E-state index in [2.05, 4.69) is 24.3 Å². The number of benzene rings is 1. The first kappa shape index (κ1) is 13.1. The summed E-state index contributed by atoms with van der Waals surface area (Å²) in [7, 11) is 1.94. The molecule has 2 nitrogen and oxygen atoms in total. The van der Waals surface area contributed by atoms with Crippen LogP contribution in [0.4, 0.5) is 0 Å². The number of hydrogen-bond donors (Lipinski definition) is 0. The maximum absolute atomic E-state index is 12.4. The minimum absolute atomic E-state index is 0.226. The van der Waals surface area contributed by atoms with Crippen molar-refractivity contribution >= 4 is 5.91 Å². The summed E-state index contributed by atoms with van der Waals surface area (Å²) in [5, 5.41) is 0. The molecule has 0 N–H and O–H groups in total. The van der Waals surface area contributed by atoms with Crippen LogP contribution in [0.25, 0.3) is 0 Å². The van der Waals surface area contributed by atoms with Crippen molar-refractivity contribution in [1.29, 1.82) is 0 Å². The van der Waals surface area contributed by atoms with Crippen molar-refractivity contribution in [1.82, 2.24) is 4.90 Å². The van der Waals surface area contributed by atoms with Crippen molar-refractivity contribution in [3.8, 4) is 0 Å². The molecular weight excluding hydrogens is 222 g/mol. The van der Waals surface area contributed by atoms with Crippen LogP contribution in [0, 0.1) is 5.41 Å². The fraction of sp³-hybridized carbons (Fsp3) is 0.562. The fourth-order valence-corrected chi connectivity index (χ4v) is 2.80. The molecule has 0 fully saturated rings. The van der Waals surface area contributed by atoms with Crippen LogP contribution in [-0.2, 0) is 11.2 Å². The molecule has 18 heavy (non-hydrogen) atoms. The molecule has 0 spiro atoms. The Morgan fingerprint density at radius 1 is 1.28 bits per heavy atom. The molecule has 1 aliphatic rings. The molecule has 1 aromatic carbocycles. The van der Waals surface area contributed by atoms with Gasteiger partial charge in [-0.1, -0.05) is 45.0 Å². The number of rotatable bonds is 1. The van der Waals surface area contributed by atoms with E-state index in [1.807, 2.05) is 32.7 Å². The van der Waals surface area contributed by atoms with Gasteiger partial charge in [0.2, 0.25) is 5.91 Å². The molecule has 0 bridgehead atoms. The van der Waals surface area contributed by atoms with Crippen LogP contribution in [0.15, 0.2) is 24.3 Å². The van der Waals surface area contributed by atoms with Gasteiger partial charge in [-0.15, -0.1) is 0 Å². The highest BCUT2D eigenvalue weighted by Crippen LogP contribution is 2.35. The summed E-state index contributed by atoms with van der Waals surface area (Å²) in [4.78, 5) is 14.3. The van der Waals surface area contributed by atoms with Gasteiger partial charge >= 0.3 is 0 Å². The number of carbonyl (C=O) groups is 1. The van der Waals surface area contributed by atoms with Crippen LogP contribution >= 0.6 is 0 Å². The molecule has 0 aromatic heterocycles. The van der Waals surface area contributed by atoms with Crippen LogP contribution in [-0.4, -0.2) is 17.9 Å². The minimum atomic E-state index is -0.304. The third-order valence-corrected chi connectivity index (χ3v) is 3.77. The van der Waals surface area contributed by atoms with Gasteiger partial charge in [-0.2, -0.15) is 0 Å². The zero-order chi connectivity index (χ0) is 13.3. The van der Waals surface area contributed by atoms with Gasteiger partial charge in [0.15, 0.2) is 0 Å². The topological polar surface area (TPSA) is 20.3 Å². The number of nitrogens with zero attached hydrogens (tertiary/aromatic N) is 1. The summed E-state index contributed by atoms with van der Waals surface area (Å²) in [6.07, 6.45) is 3.39. The Morgan fingerprint density at radius 2 is 1.94 bits per heavy atom. The van der Waals surface area contributed by atoms with Crippen LogP contribution < -0.4 is 0 Å². The molecular formula is C16H23NO. The van der Waals surface area contributed by atoms with Crippen LogP contribution in [0.5, 0.6) is 0 Å². The van der Waals surface area contributed by atoms with E-state index in [1.165, 1.54) is 17.5 Å². The monoisotopic (exact) mass is 245 g/mol. The zero-order valence-electron chi connectivity index (χ0n) is 11.9. The van der Waals surface area contributed by atoms with Gasteiger partial charge in [0, 0.05) is 12.5 Å². The third-order valence-electron chi connectivity index (χ3n) is 3.77. The molecule has 98 valence electrons. The van der Waals surface area contributed by atoms with Gasteiger partial charge in [0.1, 0.15) is 0 Å². The van der Waals surface area contributed by atoms with Crippen LogP contribution in [0.1, 0.15) is 50.8 Å². The van der Waals surface area contributed by atoms with Crippen molar-refractivity contribution < 1.29 is 4.79 Å². The Labute approximate surface area is 110 Å². The van der Waals surface area contributed by atoms with Crippen molar-refractivity contribution in [2.24, 2.45) is 5.41 Å². The third kappa shape index (κ3) is 2.43. The Bertz CT molecular complexity index is 445. The van der Waals surface area contributed by atoms with Gasteiger partial charge in [-0.3, -0.25) is 4.79 Å². The van der Waals surface area contributed by atoms with Crippen molar-refractivity contribution in [2.45, 2.75) is 46.1 Å². The summed E-state index contributed by atoms with van der Waals surface area (Å²) in [5.41, 5.74) is 2.44. The molecule has 2 rings (SSSR count). The predicted octanol–water partition coefficient (Wildman–Crippen LogP) is 3.57. The number of aryl methyl sites for hydroxylation is 1. The van der Waals surface area contributed by atoms with Crippen LogP contribution in [0.3, 0.4) is 0 Å². The predicted molar refractivity (Wildman–Crippen MR) is 74.3 cm³/mol. The second kappa shape index (κ2) is 4.75. The maximum Gasteiger partial charge on any atom is 0.228 e. The molecule has 0 radical (unpaired) electrons. The van der Waals surface area contributed by atoms with E-state index in [9.17, 15) is 4.79 Å². The van der Waals surface area contributed by atoms with E-state index < -0.39 is 0 Å². The lowest BCUT2D eigenvalue weighted by molar-refractivity contribution is -0.140. The zero-order valence-corrected chi connectivity index (χ0v) is 11.9. The smallest absolute Gasteiger partial charge is 0.228 e. The minimum Gasteiger partial charge on any atom is -0.338 e. The van der Waals surface area contributed by atoms with Crippen molar-refractivity contribution in [3.05, 3.63) is 35.4 Å². The Hall–Kier alpha value is -1.31. The highest BCUT2D eigenvalue weighted by molar-refractivity contribution is 5.81. The molecule has 1 unspecified atom stereocenters. The molecule has 0 heterocycles. The van der Waals surface area contributed by atoms with E-state index in [-0.39, 0.29) is 17.4 Å². The molecule has 0 aliphatic heterocycles. The van der Waals surface area contributed by atoms with Crippen molar-refractivity contribution in [2.75, 3.05) is 7.05 Å². The second-order valence-corrected chi connectivity index (χ2v) is 6.27. The quantitative estimate of drug-likeness (QED) is 0.740. The molecule has 1 atom stereocenters. The molecule has 1 amide bonds. The lowest BCUT2D eigenvalue weighted by atomic mass is 9.85. The first-order valence-corrected chi connectivity index (χ1v) is 6.76. The second-order valence-electron chi connectivity index (χ2n) is 6.27. The lowest BCUT2D eigenvalue weighted by Crippen LogP contribution is -2.40. The number of carbonyl (C=O) groups excluding carboxylic acids is 1. The Morgan fingerprint density at radius 3 is 2.61 bits per heavy atom. The Balaban J connectivity index is 2.28. The van der Waals surface area contributed by atoms with E-state index in [0.29, 0.717) is 0 Å². The molecule has 0 saturated heterocycles. The standard InChI is InChI=1S/C16H23NO/c1-16(2,3)15(18)17(4)14-11-7-9-12-8-5-6-10-13(12)14/h5-6,8,10,14H,7,9,11H2,1-4H3. The SMILES string of the molecule is CN(C(=O)C(C)(C)C)C1CCCc2ccccc21. The first-order valence-electron chi connectivity index (χ1n) is 6.76. The highest BCUT2D eigenvalue weighted by atomic mass is 16.2.